The van der Waals surface area contributed by atoms with Gasteiger partial charge in [-0.25, -0.2) is 4.98 Å². The maximum atomic E-state index is 6.54. The highest BCUT2D eigenvalue weighted by molar-refractivity contribution is 5.85. The molecule has 0 fully saturated rings. The molecule has 0 unspecified atom stereocenters. The molecule has 4 heteroatoms. The largest absolute Gasteiger partial charge is 0.483 e. The molecule has 2 aromatic carbocycles. The molecule has 0 saturated carbocycles. The highest BCUT2D eigenvalue weighted by Gasteiger charge is 2.28. The van der Waals surface area contributed by atoms with Crippen LogP contribution in [-0.4, -0.2) is 16.7 Å². The average molecular weight is 336 g/mol. The quantitative estimate of drug-likeness (QED) is 0.711. The fourth-order valence-electron chi connectivity index (χ4n) is 3.83. The van der Waals surface area contributed by atoms with Crippen LogP contribution in [0.2, 0.25) is 0 Å². The number of fused-ring (bicyclic) bond motifs is 3. The molecule has 0 N–H and O–H groups in total. The summed E-state index contributed by atoms with van der Waals surface area (Å²) in [6.07, 6.45) is 2.04. The molecule has 1 aliphatic heterocycles. The Hall–Kier alpha value is -2.33. The van der Waals surface area contributed by atoms with Crippen LogP contribution < -0.4 is 4.74 Å². The van der Waals surface area contributed by atoms with Gasteiger partial charge in [0.15, 0.2) is 5.75 Å². The lowest BCUT2D eigenvalue weighted by Crippen LogP contribution is -2.18. The van der Waals surface area contributed by atoms with Crippen LogP contribution in [-0.2, 0) is 24.8 Å². The second kappa shape index (κ2) is 6.19. The van der Waals surface area contributed by atoms with E-state index < -0.39 is 0 Å². The van der Waals surface area contributed by atoms with E-state index in [1.54, 1.807) is 7.11 Å². The van der Waals surface area contributed by atoms with Crippen molar-refractivity contribution in [2.45, 2.75) is 39.4 Å². The molecular formula is C21H24N2O2. The van der Waals surface area contributed by atoms with Gasteiger partial charge in [-0.05, 0) is 49.4 Å². The molecule has 0 bridgehead atoms. The van der Waals surface area contributed by atoms with Crippen molar-refractivity contribution in [2.75, 3.05) is 7.11 Å². The van der Waals surface area contributed by atoms with Crippen LogP contribution in [0.25, 0.3) is 11.0 Å². The summed E-state index contributed by atoms with van der Waals surface area (Å²) in [5, 5.41) is 0. The van der Waals surface area contributed by atoms with Gasteiger partial charge in [0.05, 0.1) is 12.1 Å². The monoisotopic (exact) mass is 336 g/mol. The number of aromatic nitrogens is 2. The topological polar surface area (TPSA) is 36.3 Å². The highest BCUT2D eigenvalue weighted by Crippen LogP contribution is 2.42. The maximum absolute atomic E-state index is 6.54. The zero-order chi connectivity index (χ0) is 17.6. The van der Waals surface area contributed by atoms with Gasteiger partial charge in [0.2, 0.25) is 0 Å². The second-order valence-electron chi connectivity index (χ2n) is 6.86. The van der Waals surface area contributed by atoms with Crippen molar-refractivity contribution in [1.82, 2.24) is 9.55 Å². The minimum Gasteiger partial charge on any atom is -0.483 e. The lowest BCUT2D eigenvalue weighted by atomic mass is 9.92. The number of ether oxygens (including phenoxy) is 2. The van der Waals surface area contributed by atoms with E-state index in [4.69, 9.17) is 14.5 Å². The van der Waals surface area contributed by atoms with Crippen molar-refractivity contribution in [3.05, 3.63) is 58.4 Å². The van der Waals surface area contributed by atoms with Crippen LogP contribution in [0.1, 0.15) is 40.6 Å². The zero-order valence-corrected chi connectivity index (χ0v) is 15.3. The number of benzene rings is 2. The van der Waals surface area contributed by atoms with Gasteiger partial charge in [-0.15, -0.1) is 0 Å². The molecule has 0 amide bonds. The van der Waals surface area contributed by atoms with E-state index in [9.17, 15) is 0 Å². The molecule has 0 radical (unpaired) electrons. The predicted molar refractivity (Wildman–Crippen MR) is 99.0 cm³/mol. The number of hydrogen-bond acceptors (Lipinski definition) is 3. The van der Waals surface area contributed by atoms with Crippen LogP contribution in [0.4, 0.5) is 0 Å². The molecule has 1 aromatic heterocycles. The van der Waals surface area contributed by atoms with E-state index in [0.717, 1.165) is 35.4 Å². The van der Waals surface area contributed by atoms with Crippen molar-refractivity contribution >= 4 is 11.0 Å². The minimum atomic E-state index is 0.0806. The first kappa shape index (κ1) is 16.2. The smallest absolute Gasteiger partial charge is 0.151 e. The first-order valence-corrected chi connectivity index (χ1v) is 8.79. The molecule has 1 aliphatic rings. The number of hydrogen-bond donors (Lipinski definition) is 0. The Morgan fingerprint density at radius 2 is 2.08 bits per heavy atom. The summed E-state index contributed by atoms with van der Waals surface area (Å²) in [5.41, 5.74) is 7.07. The third-order valence-electron chi connectivity index (χ3n) is 5.30. The summed E-state index contributed by atoms with van der Waals surface area (Å²) < 4.78 is 14.1. The van der Waals surface area contributed by atoms with Crippen LogP contribution in [0.3, 0.4) is 0 Å². The van der Waals surface area contributed by atoms with Crippen molar-refractivity contribution < 1.29 is 9.47 Å². The third-order valence-corrected chi connectivity index (χ3v) is 5.30. The van der Waals surface area contributed by atoms with Crippen LogP contribution in [0, 0.1) is 13.8 Å². The molecule has 4 rings (SSSR count). The number of rotatable bonds is 3. The molecule has 3 aromatic rings. The Balaban J connectivity index is 1.86. The minimum absolute atomic E-state index is 0.0806. The van der Waals surface area contributed by atoms with Crippen molar-refractivity contribution in [1.29, 1.82) is 0 Å². The lowest BCUT2D eigenvalue weighted by molar-refractivity contribution is 0.167. The van der Waals surface area contributed by atoms with Gasteiger partial charge in [-0.2, -0.15) is 0 Å². The van der Waals surface area contributed by atoms with Crippen molar-refractivity contribution in [2.24, 2.45) is 7.05 Å². The van der Waals surface area contributed by atoms with E-state index in [2.05, 4.69) is 48.9 Å². The van der Waals surface area contributed by atoms with Gasteiger partial charge in [-0.3, -0.25) is 0 Å². The van der Waals surface area contributed by atoms with Crippen LogP contribution in [0.5, 0.6) is 5.75 Å². The van der Waals surface area contributed by atoms with E-state index in [1.165, 1.54) is 22.3 Å². The second-order valence-corrected chi connectivity index (χ2v) is 6.86. The van der Waals surface area contributed by atoms with Gasteiger partial charge in [0.1, 0.15) is 17.4 Å². The summed E-state index contributed by atoms with van der Waals surface area (Å²) in [7, 11) is 3.79. The van der Waals surface area contributed by atoms with E-state index >= 15 is 0 Å². The first-order chi connectivity index (χ1) is 12.1. The predicted octanol–water partition coefficient (Wildman–Crippen LogP) is 4.40. The Bertz CT molecular complexity index is 943. The summed E-state index contributed by atoms with van der Waals surface area (Å²) in [6, 6.07) is 10.7. The molecule has 0 spiro atoms. The van der Waals surface area contributed by atoms with Gasteiger partial charge in [0, 0.05) is 19.7 Å². The Morgan fingerprint density at radius 1 is 1.28 bits per heavy atom. The van der Waals surface area contributed by atoms with Crippen molar-refractivity contribution in [3.8, 4) is 5.75 Å². The molecular weight excluding hydrogens is 312 g/mol. The van der Waals surface area contributed by atoms with Gasteiger partial charge < -0.3 is 14.0 Å². The molecule has 0 aliphatic carbocycles. The number of nitrogens with zero attached hydrogens (tertiary/aromatic N) is 2. The Morgan fingerprint density at radius 3 is 2.84 bits per heavy atom. The fraction of sp³-hybridized carbons (Fsp3) is 0.381. The molecule has 130 valence electrons. The molecule has 4 nitrogen and oxygen atoms in total. The standard InChI is InChI=1S/C21H24N2O2/c1-13-7-5-6-8-16(13)19-10-9-17-15(12-24-4)11-18-20(21(17)25-19)22-14(2)23(18)3/h5-8,11,19H,9-10,12H2,1-4H3/t19-/m0/s1. The Kier molecular flexibility index (Phi) is 4.00. The van der Waals surface area contributed by atoms with Gasteiger partial charge in [0.25, 0.3) is 0 Å². The molecule has 0 saturated heterocycles. The summed E-state index contributed by atoms with van der Waals surface area (Å²) in [6.45, 7) is 4.78. The lowest BCUT2D eigenvalue weighted by Gasteiger charge is -2.29. The van der Waals surface area contributed by atoms with Gasteiger partial charge >= 0.3 is 0 Å². The SMILES string of the molecule is COCc1cc2c(nc(C)n2C)c2c1CC[C@@H](c1ccccc1C)O2. The fourth-order valence-corrected chi connectivity index (χ4v) is 3.83. The van der Waals surface area contributed by atoms with E-state index in [0.29, 0.717) is 6.61 Å². The number of imidazole rings is 1. The highest BCUT2D eigenvalue weighted by atomic mass is 16.5. The number of aryl methyl sites for hydroxylation is 3. The first-order valence-electron chi connectivity index (χ1n) is 8.79. The summed E-state index contributed by atoms with van der Waals surface area (Å²) in [5.74, 6) is 1.93. The maximum Gasteiger partial charge on any atom is 0.151 e. The Labute approximate surface area is 148 Å². The van der Waals surface area contributed by atoms with E-state index in [-0.39, 0.29) is 6.10 Å². The van der Waals surface area contributed by atoms with Gasteiger partial charge in [-0.1, -0.05) is 24.3 Å². The summed E-state index contributed by atoms with van der Waals surface area (Å²) in [4.78, 5) is 4.77. The number of methoxy groups -OCH3 is 1. The van der Waals surface area contributed by atoms with E-state index in [1.807, 2.05) is 6.92 Å². The van der Waals surface area contributed by atoms with Crippen LogP contribution >= 0.6 is 0 Å². The zero-order valence-electron chi connectivity index (χ0n) is 15.3. The van der Waals surface area contributed by atoms with Crippen molar-refractivity contribution in [3.63, 3.8) is 0 Å². The average Bonchev–Trinajstić information content (AvgIpc) is 2.90. The molecule has 1 atom stereocenters. The third kappa shape index (κ3) is 2.61. The summed E-state index contributed by atoms with van der Waals surface area (Å²) >= 11 is 0. The molecule has 2 heterocycles. The van der Waals surface area contributed by atoms with Crippen LogP contribution in [0.15, 0.2) is 30.3 Å². The normalized spacial score (nSPS) is 16.7. The molecule has 25 heavy (non-hydrogen) atoms.